The van der Waals surface area contributed by atoms with Crippen LogP contribution in [0.2, 0.25) is 0 Å². The molecule has 2 nitrogen and oxygen atoms in total. The van der Waals surface area contributed by atoms with Crippen molar-refractivity contribution < 1.29 is 9.59 Å². The first-order valence-electron chi connectivity index (χ1n) is 3.49. The summed E-state index contributed by atoms with van der Waals surface area (Å²) < 4.78 is 0. The Labute approximate surface area is 66.6 Å². The third-order valence-electron chi connectivity index (χ3n) is 1.02. The minimum absolute atomic E-state index is 0.0185. The van der Waals surface area contributed by atoms with Gasteiger partial charge in [0.1, 0.15) is 0 Å². The van der Waals surface area contributed by atoms with Gasteiger partial charge >= 0.3 is 0 Å². The van der Waals surface area contributed by atoms with E-state index in [1.807, 2.05) is 0 Å². The average Bonchev–Trinajstić information content (AvgIpc) is 1.87. The first-order valence-corrected chi connectivity index (χ1v) is 3.49. The molecule has 0 spiro atoms. The lowest BCUT2D eigenvalue weighted by molar-refractivity contribution is -0.113. The van der Waals surface area contributed by atoms with Gasteiger partial charge in [-0.2, -0.15) is 0 Å². The van der Waals surface area contributed by atoms with Crippen LogP contribution in [0.15, 0.2) is 24.3 Å². The van der Waals surface area contributed by atoms with E-state index < -0.39 is 0 Å². The van der Waals surface area contributed by atoms with Gasteiger partial charge in [0, 0.05) is 6.42 Å². The second-order valence-corrected chi connectivity index (χ2v) is 2.18. The Bertz CT molecular complexity index is 200. The van der Waals surface area contributed by atoms with Gasteiger partial charge in [-0.1, -0.05) is 12.2 Å². The molecule has 0 aromatic heterocycles. The van der Waals surface area contributed by atoms with E-state index in [2.05, 4.69) is 0 Å². The van der Waals surface area contributed by atoms with Gasteiger partial charge in [-0.25, -0.2) is 0 Å². The van der Waals surface area contributed by atoms with Crippen molar-refractivity contribution >= 4 is 11.6 Å². The van der Waals surface area contributed by atoms with Crippen LogP contribution in [0.25, 0.3) is 0 Å². The smallest absolute Gasteiger partial charge is 0.159 e. The molecule has 60 valence electrons. The van der Waals surface area contributed by atoms with E-state index in [1.165, 1.54) is 19.1 Å². The Balaban J connectivity index is 3.70. The molecule has 0 heterocycles. The summed E-state index contributed by atoms with van der Waals surface area (Å²) >= 11 is 0. The number of ketones is 2. The molecule has 0 fully saturated rings. The topological polar surface area (TPSA) is 34.1 Å². The van der Waals surface area contributed by atoms with Crippen molar-refractivity contribution in [3.63, 3.8) is 0 Å². The van der Waals surface area contributed by atoms with Crippen LogP contribution in [-0.4, -0.2) is 11.6 Å². The maximum Gasteiger partial charge on any atom is 0.159 e. The molecule has 0 bridgehead atoms. The molecule has 0 aliphatic heterocycles. The van der Waals surface area contributed by atoms with Crippen LogP contribution in [-0.2, 0) is 9.59 Å². The number of hydrogen-bond acceptors (Lipinski definition) is 2. The quantitative estimate of drug-likeness (QED) is 0.574. The largest absolute Gasteiger partial charge is 0.295 e. The fourth-order valence-corrected chi connectivity index (χ4v) is 0.595. The summed E-state index contributed by atoms with van der Waals surface area (Å²) in [4.78, 5) is 21.1. The van der Waals surface area contributed by atoms with Gasteiger partial charge in [0.2, 0.25) is 0 Å². The molecular formula is C9H12O2. The summed E-state index contributed by atoms with van der Waals surface area (Å²) in [5, 5.41) is 0. The van der Waals surface area contributed by atoms with Crippen LogP contribution < -0.4 is 0 Å². The number of rotatable bonds is 4. The Morgan fingerprint density at radius 3 is 2.36 bits per heavy atom. The standard InChI is InChI=1S/C9H12O2/c1-3-5-9(11)7-4-6-8(2)10/h3-6H,7H2,1-2H3. The fraction of sp³-hybridized carbons (Fsp3) is 0.333. The average molecular weight is 152 g/mol. The summed E-state index contributed by atoms with van der Waals surface area (Å²) in [6.45, 7) is 3.24. The molecule has 0 saturated heterocycles. The summed E-state index contributed by atoms with van der Waals surface area (Å²) in [5.41, 5.74) is 0. The minimum Gasteiger partial charge on any atom is -0.295 e. The third kappa shape index (κ3) is 6.71. The summed E-state index contributed by atoms with van der Waals surface area (Å²) in [6.07, 6.45) is 6.46. The lowest BCUT2D eigenvalue weighted by Gasteiger charge is -1.84. The highest BCUT2D eigenvalue weighted by Crippen LogP contribution is 1.88. The van der Waals surface area contributed by atoms with Gasteiger partial charge in [-0.05, 0) is 26.0 Å². The molecule has 0 radical (unpaired) electrons. The molecule has 11 heavy (non-hydrogen) atoms. The molecule has 0 rings (SSSR count). The highest BCUT2D eigenvalue weighted by molar-refractivity contribution is 5.92. The van der Waals surface area contributed by atoms with Crippen LogP contribution in [0.4, 0.5) is 0 Å². The fourth-order valence-electron chi connectivity index (χ4n) is 0.595. The lowest BCUT2D eigenvalue weighted by Crippen LogP contribution is -1.89. The first-order chi connectivity index (χ1) is 5.16. The second-order valence-electron chi connectivity index (χ2n) is 2.18. The number of carbonyl (C=O) groups excluding carboxylic acids is 2. The predicted molar refractivity (Wildman–Crippen MR) is 44.3 cm³/mol. The molecule has 2 heteroatoms. The molecule has 0 amide bonds. The van der Waals surface area contributed by atoms with Gasteiger partial charge < -0.3 is 0 Å². The Morgan fingerprint density at radius 2 is 1.91 bits per heavy atom. The van der Waals surface area contributed by atoms with Crippen LogP contribution >= 0.6 is 0 Å². The molecule has 0 aromatic carbocycles. The number of carbonyl (C=O) groups is 2. The summed E-state index contributed by atoms with van der Waals surface area (Å²) in [7, 11) is 0. The third-order valence-corrected chi connectivity index (χ3v) is 1.02. The molecule has 0 aromatic rings. The van der Waals surface area contributed by atoms with Crippen molar-refractivity contribution in [3.05, 3.63) is 24.3 Å². The van der Waals surface area contributed by atoms with Crippen molar-refractivity contribution in [1.82, 2.24) is 0 Å². The van der Waals surface area contributed by atoms with Crippen molar-refractivity contribution in [3.8, 4) is 0 Å². The minimum atomic E-state index is -0.0294. The number of allylic oxidation sites excluding steroid dienone is 4. The van der Waals surface area contributed by atoms with E-state index >= 15 is 0 Å². The molecule has 0 saturated carbocycles. The van der Waals surface area contributed by atoms with E-state index in [4.69, 9.17) is 0 Å². The van der Waals surface area contributed by atoms with E-state index in [0.29, 0.717) is 6.42 Å². The zero-order valence-electron chi connectivity index (χ0n) is 6.83. The maximum absolute atomic E-state index is 10.8. The Morgan fingerprint density at radius 1 is 1.27 bits per heavy atom. The molecule has 0 atom stereocenters. The highest BCUT2D eigenvalue weighted by Gasteiger charge is 1.90. The van der Waals surface area contributed by atoms with Crippen LogP contribution in [0.5, 0.6) is 0 Å². The van der Waals surface area contributed by atoms with E-state index in [-0.39, 0.29) is 11.6 Å². The van der Waals surface area contributed by atoms with Gasteiger partial charge in [-0.3, -0.25) is 9.59 Å². The highest BCUT2D eigenvalue weighted by atomic mass is 16.1. The van der Waals surface area contributed by atoms with E-state index in [1.54, 1.807) is 19.1 Å². The molecule has 0 aliphatic carbocycles. The zero-order chi connectivity index (χ0) is 8.69. The van der Waals surface area contributed by atoms with Crippen molar-refractivity contribution in [2.45, 2.75) is 20.3 Å². The predicted octanol–water partition coefficient (Wildman–Crippen LogP) is 1.67. The van der Waals surface area contributed by atoms with Gasteiger partial charge in [0.25, 0.3) is 0 Å². The van der Waals surface area contributed by atoms with Crippen molar-refractivity contribution in [1.29, 1.82) is 0 Å². The monoisotopic (exact) mass is 152 g/mol. The molecule has 0 N–H and O–H groups in total. The van der Waals surface area contributed by atoms with Crippen LogP contribution in [0, 0.1) is 0 Å². The summed E-state index contributed by atoms with van der Waals surface area (Å²) in [6, 6.07) is 0. The Hall–Kier alpha value is -1.18. The summed E-state index contributed by atoms with van der Waals surface area (Å²) in [5.74, 6) is -0.0109. The van der Waals surface area contributed by atoms with Gasteiger partial charge in [0.05, 0.1) is 0 Å². The first kappa shape index (κ1) is 9.82. The second kappa shape index (κ2) is 5.59. The van der Waals surface area contributed by atoms with Crippen LogP contribution in [0.3, 0.4) is 0 Å². The molecular weight excluding hydrogens is 140 g/mol. The SMILES string of the molecule is CC=CC(=O)CC=CC(C)=O. The molecule has 0 aliphatic rings. The zero-order valence-corrected chi connectivity index (χ0v) is 6.83. The molecule has 0 unspecified atom stereocenters. The van der Waals surface area contributed by atoms with Gasteiger partial charge in [-0.15, -0.1) is 0 Å². The van der Waals surface area contributed by atoms with Gasteiger partial charge in [0.15, 0.2) is 11.6 Å². The maximum atomic E-state index is 10.8. The Kier molecular flexibility index (Phi) is 4.99. The lowest BCUT2D eigenvalue weighted by atomic mass is 10.2. The van der Waals surface area contributed by atoms with E-state index in [0.717, 1.165) is 0 Å². The van der Waals surface area contributed by atoms with E-state index in [9.17, 15) is 9.59 Å². The van der Waals surface area contributed by atoms with Crippen LogP contribution in [0.1, 0.15) is 20.3 Å². The number of hydrogen-bond donors (Lipinski definition) is 0. The van der Waals surface area contributed by atoms with Crippen molar-refractivity contribution in [2.75, 3.05) is 0 Å². The normalized spacial score (nSPS) is 11.1. The van der Waals surface area contributed by atoms with Crippen molar-refractivity contribution in [2.24, 2.45) is 0 Å².